The van der Waals surface area contributed by atoms with Gasteiger partial charge in [-0.05, 0) is 26.2 Å². The Bertz CT molecular complexity index is 463. The van der Waals surface area contributed by atoms with Gasteiger partial charge in [0.2, 0.25) is 0 Å². The van der Waals surface area contributed by atoms with Gasteiger partial charge in [-0.25, -0.2) is 0 Å². The summed E-state index contributed by atoms with van der Waals surface area (Å²) >= 11 is 0. The van der Waals surface area contributed by atoms with Gasteiger partial charge in [0.25, 0.3) is 0 Å². The summed E-state index contributed by atoms with van der Waals surface area (Å²) in [5.41, 5.74) is 0. The molecule has 0 aliphatic carbocycles. The van der Waals surface area contributed by atoms with E-state index in [0.717, 1.165) is 38.5 Å². The van der Waals surface area contributed by atoms with Gasteiger partial charge in [0.05, 0.1) is 25.6 Å². The van der Waals surface area contributed by atoms with E-state index in [2.05, 4.69) is 13.8 Å². The monoisotopic (exact) mass is 496 g/mol. The average molecular weight is 497 g/mol. The van der Waals surface area contributed by atoms with Crippen molar-refractivity contribution in [3.8, 4) is 0 Å². The van der Waals surface area contributed by atoms with Crippen molar-refractivity contribution in [2.24, 2.45) is 0 Å². The van der Waals surface area contributed by atoms with Crippen LogP contribution in [-0.4, -0.2) is 24.6 Å². The third-order valence-electron chi connectivity index (χ3n) is 6.84. The van der Waals surface area contributed by atoms with E-state index in [1.807, 2.05) is 6.92 Å². The Balaban J connectivity index is 3.29. The van der Waals surface area contributed by atoms with E-state index in [9.17, 15) is 9.59 Å². The predicted octanol–water partition coefficient (Wildman–Crippen LogP) is 9.86. The lowest BCUT2D eigenvalue weighted by Gasteiger charge is -2.12. The highest BCUT2D eigenvalue weighted by Gasteiger charge is 2.12. The average Bonchev–Trinajstić information content (AvgIpc) is 2.84. The molecule has 0 N–H and O–H groups in total. The van der Waals surface area contributed by atoms with Crippen LogP contribution in [0.3, 0.4) is 0 Å². The Morgan fingerprint density at radius 3 is 1.34 bits per heavy atom. The minimum absolute atomic E-state index is 0.0650. The van der Waals surface area contributed by atoms with Crippen LogP contribution in [0.1, 0.15) is 175 Å². The first-order valence-electron chi connectivity index (χ1n) is 15.4. The van der Waals surface area contributed by atoms with E-state index in [1.54, 1.807) is 0 Å². The van der Waals surface area contributed by atoms with Crippen LogP contribution in [0, 0.1) is 0 Å². The molecule has 4 heteroatoms. The molecule has 0 aromatic rings. The van der Waals surface area contributed by atoms with Crippen molar-refractivity contribution >= 4 is 11.9 Å². The minimum Gasteiger partial charge on any atom is -0.466 e. The molecule has 0 rings (SSSR count). The van der Waals surface area contributed by atoms with Crippen LogP contribution in [0.2, 0.25) is 0 Å². The third-order valence-corrected chi connectivity index (χ3v) is 6.84. The molecular weight excluding hydrogens is 436 g/mol. The van der Waals surface area contributed by atoms with Crippen molar-refractivity contribution < 1.29 is 19.1 Å². The Kier molecular flexibility index (Phi) is 26.7. The lowest BCUT2D eigenvalue weighted by atomic mass is 10.0. The highest BCUT2D eigenvalue weighted by Crippen LogP contribution is 2.14. The number of carbonyl (C=O) groups excluding carboxylic acids is 2. The number of hydrogen-bond donors (Lipinski definition) is 0. The maximum Gasteiger partial charge on any atom is 0.306 e. The van der Waals surface area contributed by atoms with Crippen LogP contribution in [0.4, 0.5) is 0 Å². The molecule has 0 saturated heterocycles. The summed E-state index contributed by atoms with van der Waals surface area (Å²) in [6, 6.07) is 0. The van der Waals surface area contributed by atoms with Crippen LogP contribution >= 0.6 is 0 Å². The summed E-state index contributed by atoms with van der Waals surface area (Å²) in [4.78, 5) is 23.6. The number of carbonyl (C=O) groups is 2. The van der Waals surface area contributed by atoms with Gasteiger partial charge >= 0.3 is 11.9 Å². The van der Waals surface area contributed by atoms with Crippen molar-refractivity contribution in [3.63, 3.8) is 0 Å². The summed E-state index contributed by atoms with van der Waals surface area (Å²) < 4.78 is 10.6. The molecule has 0 heterocycles. The van der Waals surface area contributed by atoms with E-state index < -0.39 is 0 Å². The third kappa shape index (κ3) is 27.4. The molecule has 0 aliphatic heterocycles. The molecule has 0 aromatic heterocycles. The minimum atomic E-state index is -0.292. The number of esters is 2. The molecule has 0 bridgehead atoms. The molecule has 208 valence electrons. The maximum absolute atomic E-state index is 11.8. The molecule has 0 saturated carbocycles. The Morgan fingerprint density at radius 2 is 0.886 bits per heavy atom. The lowest BCUT2D eigenvalue weighted by Crippen LogP contribution is -2.16. The van der Waals surface area contributed by atoms with Crippen LogP contribution in [0.5, 0.6) is 0 Å². The van der Waals surface area contributed by atoms with Crippen LogP contribution in [0.15, 0.2) is 0 Å². The second kappa shape index (κ2) is 27.5. The molecule has 0 aromatic carbocycles. The molecular formula is C31H60O4. The van der Waals surface area contributed by atoms with E-state index >= 15 is 0 Å². The smallest absolute Gasteiger partial charge is 0.306 e. The van der Waals surface area contributed by atoms with Crippen LogP contribution in [-0.2, 0) is 19.1 Å². The summed E-state index contributed by atoms with van der Waals surface area (Å²) in [6.07, 6.45) is 28.7. The van der Waals surface area contributed by atoms with Crippen LogP contribution < -0.4 is 0 Å². The topological polar surface area (TPSA) is 52.6 Å². The fraction of sp³-hybridized carbons (Fsp3) is 0.935. The van der Waals surface area contributed by atoms with E-state index in [4.69, 9.17) is 9.47 Å². The molecule has 0 amide bonds. The fourth-order valence-corrected chi connectivity index (χ4v) is 4.49. The Hall–Kier alpha value is -1.06. The second-order valence-corrected chi connectivity index (χ2v) is 10.5. The van der Waals surface area contributed by atoms with Gasteiger partial charge in [0, 0.05) is 0 Å². The SMILES string of the molecule is CCCCCCCCCCCCCCCCCCCCOC(=O)CCC(=O)OC(C)CCCCC. The van der Waals surface area contributed by atoms with Gasteiger partial charge in [-0.15, -0.1) is 0 Å². The normalized spacial score (nSPS) is 12.0. The molecule has 1 atom stereocenters. The first kappa shape index (κ1) is 33.9. The van der Waals surface area contributed by atoms with E-state index in [0.29, 0.717) is 6.61 Å². The molecule has 35 heavy (non-hydrogen) atoms. The van der Waals surface area contributed by atoms with Crippen molar-refractivity contribution in [1.29, 1.82) is 0 Å². The first-order chi connectivity index (χ1) is 17.1. The molecule has 4 nitrogen and oxygen atoms in total. The maximum atomic E-state index is 11.8. The van der Waals surface area contributed by atoms with Crippen LogP contribution in [0.25, 0.3) is 0 Å². The number of rotatable bonds is 27. The summed E-state index contributed by atoms with van der Waals surface area (Å²) in [6.45, 7) is 6.83. The van der Waals surface area contributed by atoms with Gasteiger partial charge < -0.3 is 9.47 Å². The standard InChI is InChI=1S/C31H60O4/c1-4-6-8-9-10-11-12-13-14-15-16-17-18-19-20-21-22-24-28-34-30(32)26-27-31(33)35-29(3)25-23-7-5-2/h29H,4-28H2,1-3H3. The van der Waals surface area contributed by atoms with E-state index in [1.165, 1.54) is 103 Å². The quantitative estimate of drug-likeness (QED) is 0.0838. The fourth-order valence-electron chi connectivity index (χ4n) is 4.49. The van der Waals surface area contributed by atoms with Crippen molar-refractivity contribution in [2.75, 3.05) is 6.61 Å². The number of hydrogen-bond acceptors (Lipinski definition) is 4. The van der Waals surface area contributed by atoms with Crippen molar-refractivity contribution in [3.05, 3.63) is 0 Å². The van der Waals surface area contributed by atoms with E-state index in [-0.39, 0.29) is 30.9 Å². The van der Waals surface area contributed by atoms with Gasteiger partial charge in [-0.3, -0.25) is 9.59 Å². The van der Waals surface area contributed by atoms with Crippen molar-refractivity contribution in [1.82, 2.24) is 0 Å². The Labute approximate surface area is 218 Å². The molecule has 1 unspecified atom stereocenters. The highest BCUT2D eigenvalue weighted by atomic mass is 16.5. The summed E-state index contributed by atoms with van der Waals surface area (Å²) in [5.74, 6) is -0.577. The van der Waals surface area contributed by atoms with Gasteiger partial charge in [-0.2, -0.15) is 0 Å². The van der Waals surface area contributed by atoms with Gasteiger partial charge in [0.15, 0.2) is 0 Å². The highest BCUT2D eigenvalue weighted by molar-refractivity contribution is 5.77. The molecule has 0 spiro atoms. The Morgan fingerprint density at radius 1 is 0.514 bits per heavy atom. The summed E-state index contributed by atoms with van der Waals surface area (Å²) in [7, 11) is 0. The largest absolute Gasteiger partial charge is 0.466 e. The summed E-state index contributed by atoms with van der Waals surface area (Å²) in [5, 5.41) is 0. The van der Waals surface area contributed by atoms with Crippen molar-refractivity contribution in [2.45, 2.75) is 181 Å². The molecule has 0 radical (unpaired) electrons. The number of unbranched alkanes of at least 4 members (excludes halogenated alkanes) is 19. The van der Waals surface area contributed by atoms with Gasteiger partial charge in [-0.1, -0.05) is 136 Å². The lowest BCUT2D eigenvalue weighted by molar-refractivity contribution is -0.153. The number of ether oxygens (including phenoxy) is 2. The first-order valence-corrected chi connectivity index (χ1v) is 15.4. The predicted molar refractivity (Wildman–Crippen MR) is 149 cm³/mol. The zero-order chi connectivity index (χ0) is 25.8. The van der Waals surface area contributed by atoms with Gasteiger partial charge in [0.1, 0.15) is 0 Å². The molecule has 0 fully saturated rings. The second-order valence-electron chi connectivity index (χ2n) is 10.5. The zero-order valence-electron chi connectivity index (χ0n) is 23.9. The zero-order valence-corrected chi connectivity index (χ0v) is 23.9. The molecule has 0 aliphatic rings.